The van der Waals surface area contributed by atoms with Crippen LogP contribution in [0.1, 0.15) is 31.6 Å². The van der Waals surface area contributed by atoms with E-state index in [1.807, 2.05) is 0 Å². The average molecular weight is 329 g/mol. The molecule has 126 valence electrons. The molecule has 1 aromatic heterocycles. The number of carbonyl (C=O) groups is 1. The fourth-order valence-corrected chi connectivity index (χ4v) is 2.71. The van der Waals surface area contributed by atoms with E-state index in [1.54, 1.807) is 18.2 Å². The molecule has 0 radical (unpaired) electrons. The van der Waals surface area contributed by atoms with Crippen LogP contribution in [-0.4, -0.2) is 17.6 Å². The Balaban J connectivity index is 1.47. The minimum Gasteiger partial charge on any atom is -0.465 e. The molecule has 1 aliphatic carbocycles. The standard InChI is InChI=1S/C19H20FNO3/c20-16-9-5-4-8-15(16)17-12-21-18(24-17)10-11-19(22)23-13-14-6-2-1-3-7-14/h1-2,4-5,8-9,12,14H,3,6-7,10-11,13H2. The number of aromatic nitrogens is 1. The van der Waals surface area contributed by atoms with Gasteiger partial charge in [0, 0.05) is 6.42 Å². The zero-order valence-electron chi connectivity index (χ0n) is 13.4. The van der Waals surface area contributed by atoms with Crippen molar-refractivity contribution in [1.82, 2.24) is 4.98 Å². The Morgan fingerprint density at radius 3 is 3.00 bits per heavy atom. The zero-order chi connectivity index (χ0) is 16.8. The smallest absolute Gasteiger partial charge is 0.306 e. The monoisotopic (exact) mass is 329 g/mol. The summed E-state index contributed by atoms with van der Waals surface area (Å²) in [6, 6.07) is 6.36. The fourth-order valence-electron chi connectivity index (χ4n) is 2.71. The maximum absolute atomic E-state index is 13.7. The molecule has 0 amide bonds. The van der Waals surface area contributed by atoms with Crippen molar-refractivity contribution in [1.29, 1.82) is 0 Å². The summed E-state index contributed by atoms with van der Waals surface area (Å²) in [5, 5.41) is 0. The molecule has 5 heteroatoms. The molecule has 24 heavy (non-hydrogen) atoms. The van der Waals surface area contributed by atoms with E-state index in [0.717, 1.165) is 19.3 Å². The Morgan fingerprint density at radius 1 is 1.33 bits per heavy atom. The Morgan fingerprint density at radius 2 is 2.21 bits per heavy atom. The highest BCUT2D eigenvalue weighted by Gasteiger charge is 2.15. The molecule has 0 N–H and O–H groups in total. The first-order valence-electron chi connectivity index (χ1n) is 8.22. The number of hydrogen-bond donors (Lipinski definition) is 0. The molecule has 0 bridgehead atoms. The van der Waals surface area contributed by atoms with Crippen molar-refractivity contribution in [3.8, 4) is 11.3 Å². The Kier molecular flexibility index (Phi) is 5.41. The van der Waals surface area contributed by atoms with E-state index >= 15 is 0 Å². The second-order valence-electron chi connectivity index (χ2n) is 5.93. The Hall–Kier alpha value is -2.43. The summed E-state index contributed by atoms with van der Waals surface area (Å²) in [6.45, 7) is 0.467. The van der Waals surface area contributed by atoms with E-state index in [1.165, 1.54) is 12.3 Å². The predicted molar refractivity (Wildman–Crippen MR) is 87.7 cm³/mol. The van der Waals surface area contributed by atoms with Crippen LogP contribution < -0.4 is 0 Å². The summed E-state index contributed by atoms with van der Waals surface area (Å²) in [7, 11) is 0. The van der Waals surface area contributed by atoms with Crippen molar-refractivity contribution in [2.75, 3.05) is 6.61 Å². The molecule has 4 nitrogen and oxygen atoms in total. The lowest BCUT2D eigenvalue weighted by Crippen LogP contribution is -2.15. The van der Waals surface area contributed by atoms with Crippen LogP contribution in [0.5, 0.6) is 0 Å². The van der Waals surface area contributed by atoms with Crippen LogP contribution in [0.3, 0.4) is 0 Å². The van der Waals surface area contributed by atoms with Crippen molar-refractivity contribution in [2.24, 2.45) is 5.92 Å². The van der Waals surface area contributed by atoms with Gasteiger partial charge in [-0.25, -0.2) is 9.37 Å². The summed E-state index contributed by atoms with van der Waals surface area (Å²) >= 11 is 0. The highest BCUT2D eigenvalue weighted by Crippen LogP contribution is 2.23. The summed E-state index contributed by atoms with van der Waals surface area (Å²) in [5.41, 5.74) is 0.365. The van der Waals surface area contributed by atoms with Gasteiger partial charge in [0.05, 0.1) is 24.8 Å². The molecule has 3 rings (SSSR count). The lowest BCUT2D eigenvalue weighted by atomic mass is 9.95. The fraction of sp³-hybridized carbons (Fsp3) is 0.368. The lowest BCUT2D eigenvalue weighted by molar-refractivity contribution is -0.145. The van der Waals surface area contributed by atoms with Crippen molar-refractivity contribution >= 4 is 5.97 Å². The number of esters is 1. The van der Waals surface area contributed by atoms with Crippen LogP contribution in [0.25, 0.3) is 11.3 Å². The maximum Gasteiger partial charge on any atom is 0.306 e. The number of aryl methyl sites for hydroxylation is 1. The van der Waals surface area contributed by atoms with E-state index in [9.17, 15) is 9.18 Å². The molecule has 1 unspecified atom stereocenters. The van der Waals surface area contributed by atoms with Gasteiger partial charge >= 0.3 is 5.97 Å². The third kappa shape index (κ3) is 4.31. The normalized spacial score (nSPS) is 17.0. The summed E-state index contributed by atoms with van der Waals surface area (Å²) < 4.78 is 24.5. The molecule has 2 aromatic rings. The first kappa shape index (κ1) is 16.4. The van der Waals surface area contributed by atoms with Crippen LogP contribution in [0.15, 0.2) is 47.0 Å². The highest BCUT2D eigenvalue weighted by atomic mass is 19.1. The van der Waals surface area contributed by atoms with Crippen LogP contribution in [0.4, 0.5) is 4.39 Å². The number of allylic oxidation sites excluding steroid dienone is 2. The number of rotatable bonds is 6. The van der Waals surface area contributed by atoms with Gasteiger partial charge in [0.15, 0.2) is 11.7 Å². The minimum absolute atomic E-state index is 0.208. The second-order valence-corrected chi connectivity index (χ2v) is 5.93. The molecular weight excluding hydrogens is 309 g/mol. The number of halogens is 1. The second kappa shape index (κ2) is 7.90. The molecular formula is C19H20FNO3. The van der Waals surface area contributed by atoms with Crippen molar-refractivity contribution in [3.63, 3.8) is 0 Å². The van der Waals surface area contributed by atoms with Gasteiger partial charge in [0.2, 0.25) is 0 Å². The van der Waals surface area contributed by atoms with E-state index in [-0.39, 0.29) is 18.2 Å². The molecule has 1 atom stereocenters. The van der Waals surface area contributed by atoms with Crippen molar-refractivity contribution < 1.29 is 18.3 Å². The number of benzene rings is 1. The van der Waals surface area contributed by atoms with Gasteiger partial charge in [-0.2, -0.15) is 0 Å². The zero-order valence-corrected chi connectivity index (χ0v) is 13.4. The quantitative estimate of drug-likeness (QED) is 0.585. The van der Waals surface area contributed by atoms with E-state index in [0.29, 0.717) is 36.2 Å². The van der Waals surface area contributed by atoms with E-state index < -0.39 is 0 Å². The first-order valence-corrected chi connectivity index (χ1v) is 8.22. The molecule has 0 fully saturated rings. The molecule has 0 spiro atoms. The number of ether oxygens (including phenoxy) is 1. The number of nitrogens with zero attached hydrogens (tertiary/aromatic N) is 1. The predicted octanol–water partition coefficient (Wildman–Crippen LogP) is 4.31. The first-order chi connectivity index (χ1) is 11.7. The van der Waals surface area contributed by atoms with Gasteiger partial charge in [-0.15, -0.1) is 0 Å². The number of hydrogen-bond acceptors (Lipinski definition) is 4. The molecule has 0 saturated carbocycles. The maximum atomic E-state index is 13.7. The topological polar surface area (TPSA) is 52.3 Å². The molecule has 1 heterocycles. The third-order valence-electron chi connectivity index (χ3n) is 4.09. The molecule has 1 aliphatic rings. The Labute approximate surface area is 140 Å². The minimum atomic E-state index is -0.360. The summed E-state index contributed by atoms with van der Waals surface area (Å²) in [5.74, 6) is 0.584. The van der Waals surface area contributed by atoms with E-state index in [2.05, 4.69) is 17.1 Å². The summed E-state index contributed by atoms with van der Waals surface area (Å²) in [4.78, 5) is 15.9. The molecule has 0 aliphatic heterocycles. The van der Waals surface area contributed by atoms with Gasteiger partial charge in [0.25, 0.3) is 0 Å². The SMILES string of the molecule is O=C(CCc1ncc(-c2ccccc2F)o1)OCC1CC=CCC1. The molecule has 0 saturated heterocycles. The van der Waals surface area contributed by atoms with Crippen molar-refractivity contribution in [3.05, 3.63) is 54.3 Å². The van der Waals surface area contributed by atoms with Gasteiger partial charge in [-0.1, -0.05) is 24.3 Å². The number of oxazole rings is 1. The van der Waals surface area contributed by atoms with E-state index in [4.69, 9.17) is 9.15 Å². The van der Waals surface area contributed by atoms with Crippen LogP contribution in [0, 0.1) is 11.7 Å². The van der Waals surface area contributed by atoms with Crippen LogP contribution in [-0.2, 0) is 16.0 Å². The Bertz CT molecular complexity index is 723. The number of carbonyl (C=O) groups excluding carboxylic acids is 1. The van der Waals surface area contributed by atoms with Gasteiger partial charge < -0.3 is 9.15 Å². The lowest BCUT2D eigenvalue weighted by Gasteiger charge is -2.17. The van der Waals surface area contributed by atoms with Gasteiger partial charge in [-0.05, 0) is 37.3 Å². The van der Waals surface area contributed by atoms with Gasteiger partial charge in [-0.3, -0.25) is 4.79 Å². The molecule has 1 aromatic carbocycles. The largest absolute Gasteiger partial charge is 0.465 e. The van der Waals surface area contributed by atoms with Crippen molar-refractivity contribution in [2.45, 2.75) is 32.1 Å². The summed E-state index contributed by atoms with van der Waals surface area (Å²) in [6.07, 6.45) is 9.42. The average Bonchev–Trinajstić information content (AvgIpc) is 3.08. The van der Waals surface area contributed by atoms with Crippen LogP contribution in [0.2, 0.25) is 0 Å². The van der Waals surface area contributed by atoms with Crippen LogP contribution >= 0.6 is 0 Å². The van der Waals surface area contributed by atoms with Gasteiger partial charge in [0.1, 0.15) is 5.82 Å². The third-order valence-corrected chi connectivity index (χ3v) is 4.09. The highest BCUT2D eigenvalue weighted by molar-refractivity contribution is 5.69.